The molecule has 31 heavy (non-hydrogen) atoms. The van der Waals surface area contributed by atoms with Crippen LogP contribution >= 0.6 is 15.9 Å². The molecule has 2 heterocycles. The first kappa shape index (κ1) is 24.7. The normalized spacial score (nSPS) is 21.8. The fourth-order valence-corrected chi connectivity index (χ4v) is 6.56. The van der Waals surface area contributed by atoms with Gasteiger partial charge in [0.1, 0.15) is 0 Å². The van der Waals surface area contributed by atoms with Crippen LogP contribution in [-0.2, 0) is 20.6 Å². The van der Waals surface area contributed by atoms with Crippen LogP contribution in [0.15, 0.2) is 28.7 Å². The Bertz CT molecular complexity index is 808. The van der Waals surface area contributed by atoms with Crippen LogP contribution in [-0.4, -0.2) is 62.3 Å². The highest BCUT2D eigenvalue weighted by molar-refractivity contribution is 9.10. The molecule has 0 bridgehead atoms. The molecule has 0 unspecified atom stereocenters. The van der Waals surface area contributed by atoms with Crippen molar-refractivity contribution >= 4 is 31.9 Å². The highest BCUT2D eigenvalue weighted by Crippen LogP contribution is 2.23. The standard InChI is InChI=1S/C23H36BrN3O3S/c1-2-22-6-3-4-14-26(22)15-5-13-25-23(28)20-11-16-27(17-12-20)31(29,30)18-19-7-9-21(24)10-8-19/h7-10,20,22H,2-6,11-18H2,1H3,(H,25,28)/t22-/m1/s1. The third-order valence-electron chi connectivity index (χ3n) is 6.62. The second-order valence-corrected chi connectivity index (χ2v) is 11.7. The number of amides is 1. The van der Waals surface area contributed by atoms with E-state index >= 15 is 0 Å². The van der Waals surface area contributed by atoms with Gasteiger partial charge in [-0.2, -0.15) is 0 Å². The molecule has 2 aliphatic rings. The van der Waals surface area contributed by atoms with Crippen molar-refractivity contribution < 1.29 is 13.2 Å². The van der Waals surface area contributed by atoms with Gasteiger partial charge in [-0.3, -0.25) is 4.79 Å². The lowest BCUT2D eigenvalue weighted by molar-refractivity contribution is -0.126. The minimum Gasteiger partial charge on any atom is -0.356 e. The smallest absolute Gasteiger partial charge is 0.223 e. The Morgan fingerprint density at radius 2 is 1.81 bits per heavy atom. The Morgan fingerprint density at radius 3 is 2.48 bits per heavy atom. The summed E-state index contributed by atoms with van der Waals surface area (Å²) in [5.41, 5.74) is 0.780. The van der Waals surface area contributed by atoms with E-state index in [4.69, 9.17) is 0 Å². The van der Waals surface area contributed by atoms with Gasteiger partial charge in [0.15, 0.2) is 0 Å². The molecule has 0 aliphatic carbocycles. The van der Waals surface area contributed by atoms with Gasteiger partial charge in [-0.1, -0.05) is 41.4 Å². The zero-order valence-electron chi connectivity index (χ0n) is 18.6. The van der Waals surface area contributed by atoms with Crippen molar-refractivity contribution in [3.8, 4) is 0 Å². The number of hydrogen-bond acceptors (Lipinski definition) is 4. The van der Waals surface area contributed by atoms with Crippen molar-refractivity contribution in [1.29, 1.82) is 0 Å². The molecule has 2 aliphatic heterocycles. The summed E-state index contributed by atoms with van der Waals surface area (Å²) in [6, 6.07) is 8.07. The molecule has 1 amide bonds. The van der Waals surface area contributed by atoms with Crippen LogP contribution in [0.1, 0.15) is 57.4 Å². The van der Waals surface area contributed by atoms with E-state index in [1.807, 2.05) is 24.3 Å². The molecule has 2 fully saturated rings. The summed E-state index contributed by atoms with van der Waals surface area (Å²) in [4.78, 5) is 15.1. The number of hydrogen-bond donors (Lipinski definition) is 1. The number of nitrogens with zero attached hydrogens (tertiary/aromatic N) is 2. The van der Waals surface area contributed by atoms with Gasteiger partial charge in [-0.15, -0.1) is 0 Å². The molecule has 3 rings (SSSR count). The summed E-state index contributed by atoms with van der Waals surface area (Å²) in [5.74, 6) is 0.00000459. The molecule has 1 aromatic rings. The lowest BCUT2D eigenvalue weighted by atomic mass is 9.97. The summed E-state index contributed by atoms with van der Waals surface area (Å²) >= 11 is 3.37. The number of piperidine rings is 2. The highest BCUT2D eigenvalue weighted by atomic mass is 79.9. The van der Waals surface area contributed by atoms with E-state index in [2.05, 4.69) is 33.1 Å². The SMILES string of the molecule is CC[C@@H]1CCCCN1CCCNC(=O)C1CCN(S(=O)(=O)Cc2ccc(Br)cc2)CC1. The van der Waals surface area contributed by atoms with Gasteiger partial charge in [0, 0.05) is 42.6 Å². The molecule has 0 aromatic heterocycles. The number of carbonyl (C=O) groups is 1. The zero-order chi connectivity index (χ0) is 22.3. The predicted molar refractivity (Wildman–Crippen MR) is 128 cm³/mol. The van der Waals surface area contributed by atoms with Crippen molar-refractivity contribution in [1.82, 2.24) is 14.5 Å². The van der Waals surface area contributed by atoms with Crippen molar-refractivity contribution in [2.75, 3.05) is 32.7 Å². The van der Waals surface area contributed by atoms with Crippen LogP contribution in [0.3, 0.4) is 0 Å². The van der Waals surface area contributed by atoms with Gasteiger partial charge in [0.25, 0.3) is 0 Å². The van der Waals surface area contributed by atoms with E-state index in [-0.39, 0.29) is 17.6 Å². The van der Waals surface area contributed by atoms with Crippen molar-refractivity contribution in [2.45, 2.75) is 63.7 Å². The van der Waals surface area contributed by atoms with E-state index in [0.29, 0.717) is 38.5 Å². The summed E-state index contributed by atoms with van der Waals surface area (Å²) in [7, 11) is -3.36. The minimum absolute atomic E-state index is 0.00635. The molecule has 2 saturated heterocycles. The number of nitrogens with one attached hydrogen (secondary N) is 1. The van der Waals surface area contributed by atoms with E-state index in [9.17, 15) is 13.2 Å². The fourth-order valence-electron chi connectivity index (χ4n) is 4.73. The molecule has 6 nitrogen and oxygen atoms in total. The summed E-state index contributed by atoms with van der Waals surface area (Å²) in [6.45, 7) is 6.03. The third-order valence-corrected chi connectivity index (χ3v) is 9.00. The highest BCUT2D eigenvalue weighted by Gasteiger charge is 2.31. The Hall–Kier alpha value is -0.960. The number of rotatable bonds is 9. The van der Waals surface area contributed by atoms with Gasteiger partial charge in [0.05, 0.1) is 5.75 Å². The number of carbonyl (C=O) groups excluding carboxylic acids is 1. The largest absolute Gasteiger partial charge is 0.356 e. The number of sulfonamides is 1. The Kier molecular flexibility index (Phi) is 9.37. The summed E-state index contributed by atoms with van der Waals surface area (Å²) < 4.78 is 27.9. The maximum Gasteiger partial charge on any atom is 0.223 e. The molecule has 1 aromatic carbocycles. The van der Waals surface area contributed by atoms with E-state index < -0.39 is 10.0 Å². The topological polar surface area (TPSA) is 69.7 Å². The molecular formula is C23H36BrN3O3S. The van der Waals surface area contributed by atoms with Crippen LogP contribution in [0.2, 0.25) is 0 Å². The van der Waals surface area contributed by atoms with Crippen molar-refractivity contribution in [3.63, 3.8) is 0 Å². The van der Waals surface area contributed by atoms with Crippen LogP contribution in [0, 0.1) is 5.92 Å². The quantitative estimate of drug-likeness (QED) is 0.510. The molecule has 1 atom stereocenters. The first-order valence-corrected chi connectivity index (χ1v) is 14.0. The van der Waals surface area contributed by atoms with Crippen molar-refractivity contribution in [3.05, 3.63) is 34.3 Å². The lowest BCUT2D eigenvalue weighted by Crippen LogP contribution is -2.44. The second-order valence-electron chi connectivity index (χ2n) is 8.79. The predicted octanol–water partition coefficient (Wildman–Crippen LogP) is 3.76. The van der Waals surface area contributed by atoms with Gasteiger partial charge < -0.3 is 10.2 Å². The summed E-state index contributed by atoms with van der Waals surface area (Å²) in [5, 5.41) is 3.09. The molecule has 1 N–H and O–H groups in total. The Labute approximate surface area is 195 Å². The van der Waals surface area contributed by atoms with E-state index in [0.717, 1.165) is 23.0 Å². The van der Waals surface area contributed by atoms with Crippen LogP contribution in [0.25, 0.3) is 0 Å². The average Bonchev–Trinajstić information content (AvgIpc) is 2.78. The number of benzene rings is 1. The van der Waals surface area contributed by atoms with Crippen LogP contribution in [0.4, 0.5) is 0 Å². The van der Waals surface area contributed by atoms with Crippen molar-refractivity contribution in [2.24, 2.45) is 5.92 Å². The molecule has 174 valence electrons. The van der Waals surface area contributed by atoms with Gasteiger partial charge in [0.2, 0.25) is 15.9 Å². The van der Waals surface area contributed by atoms with Gasteiger partial charge >= 0.3 is 0 Å². The molecular weight excluding hydrogens is 478 g/mol. The molecule has 0 radical (unpaired) electrons. The first-order valence-electron chi connectivity index (χ1n) is 11.6. The lowest BCUT2D eigenvalue weighted by Gasteiger charge is -2.35. The number of halogens is 1. The maximum absolute atomic E-state index is 12.7. The Morgan fingerprint density at radius 1 is 1.10 bits per heavy atom. The van der Waals surface area contributed by atoms with Gasteiger partial charge in [-0.25, -0.2) is 12.7 Å². The number of likely N-dealkylation sites (tertiary alicyclic amines) is 1. The molecule has 0 saturated carbocycles. The Balaban J connectivity index is 1.37. The summed E-state index contributed by atoms with van der Waals surface area (Å²) in [6.07, 6.45) is 7.28. The molecule has 8 heteroatoms. The van der Waals surface area contributed by atoms with E-state index in [1.54, 1.807) is 4.31 Å². The van der Waals surface area contributed by atoms with E-state index in [1.165, 1.54) is 32.2 Å². The van der Waals surface area contributed by atoms with Gasteiger partial charge in [-0.05, 0) is 62.8 Å². The third kappa shape index (κ3) is 7.27. The average molecular weight is 515 g/mol. The maximum atomic E-state index is 12.7. The monoisotopic (exact) mass is 513 g/mol. The second kappa shape index (κ2) is 11.8. The van der Waals surface area contributed by atoms with Crippen LogP contribution < -0.4 is 5.32 Å². The minimum atomic E-state index is -3.36. The first-order chi connectivity index (χ1) is 14.9. The fraction of sp³-hybridized carbons (Fsp3) is 0.696. The zero-order valence-corrected chi connectivity index (χ0v) is 21.0. The van der Waals surface area contributed by atoms with Crippen LogP contribution in [0.5, 0.6) is 0 Å². The molecule has 0 spiro atoms.